The van der Waals surface area contributed by atoms with Crippen molar-refractivity contribution >= 4 is 27.7 Å². The minimum atomic E-state index is -0.345. The van der Waals surface area contributed by atoms with E-state index >= 15 is 0 Å². The summed E-state index contributed by atoms with van der Waals surface area (Å²) in [5, 5.41) is 21.3. The summed E-state index contributed by atoms with van der Waals surface area (Å²) in [6.45, 7) is 0.941. The van der Waals surface area contributed by atoms with Crippen LogP contribution in [0.4, 0.5) is 0 Å². The molecule has 0 bridgehead atoms. The number of rotatable bonds is 7. The lowest BCUT2D eigenvalue weighted by Crippen LogP contribution is -2.36. The van der Waals surface area contributed by atoms with E-state index < -0.39 is 0 Å². The van der Waals surface area contributed by atoms with Gasteiger partial charge in [0.2, 0.25) is 0 Å². The predicted molar refractivity (Wildman–Crippen MR) is 81.6 cm³/mol. The van der Waals surface area contributed by atoms with Gasteiger partial charge in [0.05, 0.1) is 12.2 Å². The number of nitrogens with two attached hydrogens (primary N) is 1. The SMILES string of the molecule is COCCN(CCC(N)=NO)C(=O)c1ccc(Br)cc1O. The molecular formula is C13H18BrN3O4. The van der Waals surface area contributed by atoms with Crippen LogP contribution in [0.25, 0.3) is 0 Å². The molecule has 1 aromatic carbocycles. The molecule has 0 heterocycles. The summed E-state index contributed by atoms with van der Waals surface area (Å²) >= 11 is 3.22. The topological polar surface area (TPSA) is 108 Å². The van der Waals surface area contributed by atoms with Gasteiger partial charge in [-0.15, -0.1) is 0 Å². The molecule has 0 spiro atoms. The number of carbonyl (C=O) groups is 1. The number of hydrogen-bond donors (Lipinski definition) is 3. The standard InChI is InChI=1S/C13H18BrN3O4/c1-21-7-6-17(5-4-12(15)16-20)13(19)10-3-2-9(14)8-11(10)18/h2-3,8,18,20H,4-7H2,1H3,(H2,15,16). The number of oxime groups is 1. The Balaban J connectivity index is 2.87. The summed E-state index contributed by atoms with van der Waals surface area (Å²) in [7, 11) is 1.53. The highest BCUT2D eigenvalue weighted by atomic mass is 79.9. The van der Waals surface area contributed by atoms with Crippen molar-refractivity contribution < 1.29 is 19.8 Å². The zero-order valence-electron chi connectivity index (χ0n) is 11.6. The molecule has 0 aliphatic rings. The van der Waals surface area contributed by atoms with Gasteiger partial charge in [0, 0.05) is 31.1 Å². The first-order valence-corrected chi connectivity index (χ1v) is 7.02. The molecule has 116 valence electrons. The van der Waals surface area contributed by atoms with Crippen LogP contribution in [0.3, 0.4) is 0 Å². The van der Waals surface area contributed by atoms with Crippen LogP contribution in [0.2, 0.25) is 0 Å². The number of ether oxygens (including phenoxy) is 1. The van der Waals surface area contributed by atoms with E-state index in [9.17, 15) is 9.90 Å². The van der Waals surface area contributed by atoms with Crippen LogP contribution in [-0.2, 0) is 4.74 Å². The summed E-state index contributed by atoms with van der Waals surface area (Å²) in [4.78, 5) is 13.9. The number of aromatic hydroxyl groups is 1. The molecule has 4 N–H and O–H groups in total. The molecule has 0 unspecified atom stereocenters. The number of methoxy groups -OCH3 is 1. The second-order valence-corrected chi connectivity index (χ2v) is 5.20. The average molecular weight is 360 g/mol. The van der Waals surface area contributed by atoms with Crippen LogP contribution in [0.15, 0.2) is 27.8 Å². The fourth-order valence-corrected chi connectivity index (χ4v) is 2.02. The predicted octanol–water partition coefficient (Wildman–Crippen LogP) is 1.38. The highest BCUT2D eigenvalue weighted by molar-refractivity contribution is 9.10. The van der Waals surface area contributed by atoms with Crippen molar-refractivity contribution in [3.05, 3.63) is 28.2 Å². The number of amidine groups is 1. The van der Waals surface area contributed by atoms with Gasteiger partial charge in [-0.1, -0.05) is 21.1 Å². The number of carbonyl (C=O) groups excluding carboxylic acids is 1. The van der Waals surface area contributed by atoms with Gasteiger partial charge in [0.25, 0.3) is 5.91 Å². The molecule has 0 aromatic heterocycles. The van der Waals surface area contributed by atoms with E-state index in [1.165, 1.54) is 24.1 Å². The van der Waals surface area contributed by atoms with Crippen LogP contribution in [0.5, 0.6) is 5.75 Å². The van der Waals surface area contributed by atoms with E-state index in [2.05, 4.69) is 21.1 Å². The number of benzene rings is 1. The number of amides is 1. The highest BCUT2D eigenvalue weighted by Gasteiger charge is 2.19. The van der Waals surface area contributed by atoms with E-state index in [0.717, 1.165) is 0 Å². The van der Waals surface area contributed by atoms with Gasteiger partial charge in [-0.25, -0.2) is 0 Å². The first-order chi connectivity index (χ1) is 9.99. The third-order valence-corrected chi connectivity index (χ3v) is 3.30. The molecule has 0 aliphatic carbocycles. The van der Waals surface area contributed by atoms with Crippen LogP contribution in [-0.4, -0.2) is 53.8 Å². The summed E-state index contributed by atoms with van der Waals surface area (Å²) in [5.41, 5.74) is 5.60. The molecule has 7 nitrogen and oxygen atoms in total. The van der Waals surface area contributed by atoms with Crippen LogP contribution in [0.1, 0.15) is 16.8 Å². The molecule has 1 rings (SSSR count). The van der Waals surface area contributed by atoms with E-state index in [1.807, 2.05) is 0 Å². The van der Waals surface area contributed by atoms with Crippen molar-refractivity contribution in [3.63, 3.8) is 0 Å². The highest BCUT2D eigenvalue weighted by Crippen LogP contribution is 2.23. The zero-order chi connectivity index (χ0) is 15.8. The minimum Gasteiger partial charge on any atom is -0.507 e. The Morgan fingerprint density at radius 3 is 2.76 bits per heavy atom. The summed E-state index contributed by atoms with van der Waals surface area (Å²) in [6, 6.07) is 4.65. The second-order valence-electron chi connectivity index (χ2n) is 4.29. The van der Waals surface area contributed by atoms with E-state index in [0.29, 0.717) is 17.6 Å². The number of hydrogen-bond acceptors (Lipinski definition) is 5. The molecule has 21 heavy (non-hydrogen) atoms. The second kappa shape index (κ2) is 8.48. The lowest BCUT2D eigenvalue weighted by molar-refractivity contribution is 0.0697. The third-order valence-electron chi connectivity index (χ3n) is 2.81. The van der Waals surface area contributed by atoms with Crippen molar-refractivity contribution in [1.29, 1.82) is 0 Å². The van der Waals surface area contributed by atoms with E-state index in [-0.39, 0.29) is 36.0 Å². The third kappa shape index (κ3) is 5.24. The fraction of sp³-hybridized carbons (Fsp3) is 0.385. The maximum atomic E-state index is 12.4. The van der Waals surface area contributed by atoms with Crippen molar-refractivity contribution in [2.75, 3.05) is 26.8 Å². The molecule has 0 atom stereocenters. The lowest BCUT2D eigenvalue weighted by atomic mass is 10.1. The first kappa shape index (κ1) is 17.3. The van der Waals surface area contributed by atoms with Gasteiger partial charge < -0.3 is 25.7 Å². The Morgan fingerprint density at radius 1 is 1.48 bits per heavy atom. The lowest BCUT2D eigenvalue weighted by Gasteiger charge is -2.22. The Morgan fingerprint density at radius 2 is 2.19 bits per heavy atom. The molecule has 0 saturated carbocycles. The average Bonchev–Trinajstić information content (AvgIpc) is 2.46. The summed E-state index contributed by atoms with van der Waals surface area (Å²) in [6.07, 6.45) is 0.225. The number of phenolic OH excluding ortho intramolecular Hbond substituents is 1. The van der Waals surface area contributed by atoms with Gasteiger partial charge in [-0.05, 0) is 18.2 Å². The van der Waals surface area contributed by atoms with Crippen molar-refractivity contribution in [1.82, 2.24) is 4.90 Å². The Kier molecular flexibility index (Phi) is 6.97. The fourth-order valence-electron chi connectivity index (χ4n) is 1.67. The van der Waals surface area contributed by atoms with E-state index in [1.54, 1.807) is 6.07 Å². The van der Waals surface area contributed by atoms with Gasteiger partial charge in [0.15, 0.2) is 0 Å². The largest absolute Gasteiger partial charge is 0.507 e. The summed E-state index contributed by atoms with van der Waals surface area (Å²) in [5.74, 6) is -0.423. The van der Waals surface area contributed by atoms with Crippen molar-refractivity contribution in [2.45, 2.75) is 6.42 Å². The van der Waals surface area contributed by atoms with Crippen LogP contribution < -0.4 is 5.73 Å². The van der Waals surface area contributed by atoms with Crippen molar-refractivity contribution in [2.24, 2.45) is 10.9 Å². The normalized spacial score (nSPS) is 11.4. The molecule has 0 fully saturated rings. The van der Waals surface area contributed by atoms with E-state index in [4.69, 9.17) is 15.7 Å². The first-order valence-electron chi connectivity index (χ1n) is 6.22. The van der Waals surface area contributed by atoms with Crippen LogP contribution in [0, 0.1) is 0 Å². The quantitative estimate of drug-likeness (QED) is 0.295. The monoisotopic (exact) mass is 359 g/mol. The Labute approximate surface area is 131 Å². The molecule has 0 radical (unpaired) electrons. The molecule has 1 aromatic rings. The number of nitrogens with zero attached hydrogens (tertiary/aromatic N) is 2. The minimum absolute atomic E-state index is 0.0326. The smallest absolute Gasteiger partial charge is 0.257 e. The van der Waals surface area contributed by atoms with Gasteiger partial charge >= 0.3 is 0 Å². The van der Waals surface area contributed by atoms with Gasteiger partial charge in [-0.2, -0.15) is 0 Å². The molecule has 0 aliphatic heterocycles. The molecular weight excluding hydrogens is 342 g/mol. The Hall–Kier alpha value is -1.80. The van der Waals surface area contributed by atoms with Crippen LogP contribution >= 0.6 is 15.9 Å². The molecule has 0 saturated heterocycles. The van der Waals surface area contributed by atoms with Gasteiger partial charge in [0.1, 0.15) is 11.6 Å². The maximum Gasteiger partial charge on any atom is 0.257 e. The summed E-state index contributed by atoms with van der Waals surface area (Å²) < 4.78 is 5.64. The molecule has 8 heteroatoms. The maximum absolute atomic E-state index is 12.4. The van der Waals surface area contributed by atoms with Gasteiger partial charge in [-0.3, -0.25) is 4.79 Å². The molecule has 1 amide bonds. The van der Waals surface area contributed by atoms with Crippen molar-refractivity contribution in [3.8, 4) is 5.75 Å². The Bertz CT molecular complexity index is 522. The zero-order valence-corrected chi connectivity index (χ0v) is 13.2. The number of halogens is 1. The number of phenols is 1.